The van der Waals surface area contributed by atoms with Crippen LogP contribution in [0.25, 0.3) is 0 Å². The smallest absolute Gasteiger partial charge is 0.243 e. The maximum absolute atomic E-state index is 13.0. The molecule has 0 bridgehead atoms. The Balaban J connectivity index is 1.92. The second-order valence-electron chi connectivity index (χ2n) is 6.25. The van der Waals surface area contributed by atoms with E-state index in [4.69, 9.17) is 16.3 Å². The van der Waals surface area contributed by atoms with Crippen molar-refractivity contribution in [2.75, 3.05) is 26.0 Å². The number of ether oxygens (including phenoxy) is 1. The molecule has 9 heteroatoms. The highest BCUT2D eigenvalue weighted by molar-refractivity contribution is 7.92. The van der Waals surface area contributed by atoms with Gasteiger partial charge < -0.3 is 4.74 Å². The molecule has 0 spiro atoms. The van der Waals surface area contributed by atoms with Crippen molar-refractivity contribution in [1.82, 2.24) is 4.31 Å². The van der Waals surface area contributed by atoms with Crippen molar-refractivity contribution in [2.24, 2.45) is 0 Å². The highest BCUT2D eigenvalue weighted by Crippen LogP contribution is 2.35. The molecule has 6 nitrogen and oxygen atoms in total. The van der Waals surface area contributed by atoms with Gasteiger partial charge in [0.2, 0.25) is 10.0 Å². The lowest BCUT2D eigenvalue weighted by Crippen LogP contribution is -2.33. The van der Waals surface area contributed by atoms with E-state index in [2.05, 4.69) is 0 Å². The first-order valence-electron chi connectivity index (χ1n) is 8.36. The first-order chi connectivity index (χ1) is 12.8. The fourth-order valence-corrected chi connectivity index (χ4v) is 6.92. The second-order valence-corrected chi connectivity index (χ2v) is 10.9. The standard InChI is InChI=1S/C18H20ClNO5S2/c1-25-14-5-4-6-15(13-14)27(23,24)20-10-9-18(26(21,22)12-11-20)16-7-2-3-8-17(16)19/h2-8,13,18H,9-12H2,1H3. The summed E-state index contributed by atoms with van der Waals surface area (Å²) < 4.78 is 57.8. The monoisotopic (exact) mass is 429 g/mol. The van der Waals surface area contributed by atoms with Gasteiger partial charge in [-0.1, -0.05) is 35.9 Å². The summed E-state index contributed by atoms with van der Waals surface area (Å²) in [7, 11) is -5.91. The molecule has 27 heavy (non-hydrogen) atoms. The summed E-state index contributed by atoms with van der Waals surface area (Å²) in [6.45, 7) is -0.00249. The highest BCUT2D eigenvalue weighted by Gasteiger charge is 2.36. The SMILES string of the molecule is COc1cccc(S(=O)(=O)N2CCC(c3ccccc3Cl)S(=O)(=O)CC2)c1. The minimum absolute atomic E-state index is 0.0791. The van der Waals surface area contributed by atoms with Gasteiger partial charge in [-0.25, -0.2) is 16.8 Å². The van der Waals surface area contributed by atoms with Crippen LogP contribution in [0.4, 0.5) is 0 Å². The predicted molar refractivity (Wildman–Crippen MR) is 104 cm³/mol. The van der Waals surface area contributed by atoms with Gasteiger partial charge >= 0.3 is 0 Å². The maximum Gasteiger partial charge on any atom is 0.243 e. The molecule has 1 unspecified atom stereocenters. The van der Waals surface area contributed by atoms with Crippen LogP contribution in [-0.4, -0.2) is 47.1 Å². The van der Waals surface area contributed by atoms with Gasteiger partial charge in [0.1, 0.15) is 5.75 Å². The molecule has 2 aromatic rings. The average Bonchev–Trinajstić information content (AvgIpc) is 2.81. The molecule has 1 aliphatic heterocycles. The summed E-state index contributed by atoms with van der Waals surface area (Å²) in [6, 6.07) is 12.9. The first-order valence-corrected chi connectivity index (χ1v) is 11.9. The Bertz CT molecular complexity index is 1040. The van der Waals surface area contributed by atoms with Gasteiger partial charge in [-0.3, -0.25) is 0 Å². The van der Waals surface area contributed by atoms with E-state index in [9.17, 15) is 16.8 Å². The van der Waals surface area contributed by atoms with Crippen LogP contribution in [-0.2, 0) is 19.9 Å². The molecule has 2 aromatic carbocycles. The molecule has 1 heterocycles. The molecule has 3 rings (SSSR count). The second kappa shape index (κ2) is 7.79. The van der Waals surface area contributed by atoms with Crippen LogP contribution in [0, 0.1) is 0 Å². The van der Waals surface area contributed by atoms with E-state index in [0.717, 1.165) is 0 Å². The topological polar surface area (TPSA) is 80.8 Å². The van der Waals surface area contributed by atoms with Crippen LogP contribution < -0.4 is 4.74 Å². The number of sulfone groups is 1. The van der Waals surface area contributed by atoms with Gasteiger partial charge in [-0.15, -0.1) is 0 Å². The van der Waals surface area contributed by atoms with E-state index in [-0.39, 0.29) is 30.2 Å². The summed E-state index contributed by atoms with van der Waals surface area (Å²) in [4.78, 5) is 0.0791. The lowest BCUT2D eigenvalue weighted by molar-refractivity contribution is 0.410. The van der Waals surface area contributed by atoms with Crippen LogP contribution in [0.1, 0.15) is 17.2 Å². The molecule has 0 N–H and O–H groups in total. The van der Waals surface area contributed by atoms with Crippen molar-refractivity contribution in [2.45, 2.75) is 16.6 Å². The Hall–Kier alpha value is -1.61. The van der Waals surface area contributed by atoms with Crippen molar-refractivity contribution >= 4 is 31.5 Å². The van der Waals surface area contributed by atoms with Crippen LogP contribution in [0.5, 0.6) is 5.75 Å². The number of methoxy groups -OCH3 is 1. The summed E-state index contributed by atoms with van der Waals surface area (Å²) in [5, 5.41) is -0.452. The van der Waals surface area contributed by atoms with Crippen LogP contribution in [0.2, 0.25) is 5.02 Å². The molecule has 0 aromatic heterocycles. The number of hydrogen-bond acceptors (Lipinski definition) is 5. The number of halogens is 1. The van der Waals surface area contributed by atoms with Crippen molar-refractivity contribution in [3.8, 4) is 5.75 Å². The van der Waals surface area contributed by atoms with E-state index in [1.807, 2.05) is 0 Å². The molecule has 1 aliphatic rings. The first kappa shape index (κ1) is 20.1. The van der Waals surface area contributed by atoms with Gasteiger partial charge in [0.25, 0.3) is 0 Å². The fraction of sp³-hybridized carbons (Fsp3) is 0.333. The lowest BCUT2D eigenvalue weighted by Gasteiger charge is -2.20. The Labute approximate surface area is 164 Å². The maximum atomic E-state index is 13.0. The van der Waals surface area contributed by atoms with Crippen molar-refractivity contribution in [3.05, 3.63) is 59.1 Å². The minimum atomic E-state index is -3.83. The molecular formula is C18H20ClNO5S2. The summed E-state index contributed by atoms with van der Waals surface area (Å²) in [5.74, 6) is 0.166. The van der Waals surface area contributed by atoms with E-state index < -0.39 is 25.1 Å². The normalized spacial score (nSPS) is 20.7. The highest BCUT2D eigenvalue weighted by atomic mass is 35.5. The third-order valence-corrected chi connectivity index (χ3v) is 8.98. The van der Waals surface area contributed by atoms with Gasteiger partial charge in [0.05, 0.1) is 23.0 Å². The molecule has 0 saturated carbocycles. The van der Waals surface area contributed by atoms with Gasteiger partial charge in [-0.2, -0.15) is 4.31 Å². The number of sulfonamides is 1. The minimum Gasteiger partial charge on any atom is -0.497 e. The van der Waals surface area contributed by atoms with Gasteiger partial charge in [-0.05, 0) is 30.2 Å². The molecule has 1 saturated heterocycles. The van der Waals surface area contributed by atoms with E-state index >= 15 is 0 Å². The van der Waals surface area contributed by atoms with E-state index in [0.29, 0.717) is 16.3 Å². The van der Waals surface area contributed by atoms with Gasteiger partial charge in [0, 0.05) is 24.2 Å². The molecule has 0 radical (unpaired) electrons. The summed E-state index contributed by atoms with van der Waals surface area (Å²) >= 11 is 6.18. The molecule has 0 aliphatic carbocycles. The quantitative estimate of drug-likeness (QED) is 0.746. The zero-order chi connectivity index (χ0) is 19.7. The van der Waals surface area contributed by atoms with Crippen molar-refractivity contribution in [1.29, 1.82) is 0 Å². The fourth-order valence-electron chi connectivity index (χ4n) is 3.16. The molecule has 1 fully saturated rings. The number of benzene rings is 2. The number of nitrogens with zero attached hydrogens (tertiary/aromatic N) is 1. The summed E-state index contributed by atoms with van der Waals surface area (Å²) in [6.07, 6.45) is 0.148. The number of hydrogen-bond donors (Lipinski definition) is 0. The van der Waals surface area contributed by atoms with Crippen LogP contribution >= 0.6 is 11.6 Å². The molecule has 1 atom stereocenters. The lowest BCUT2D eigenvalue weighted by atomic mass is 10.1. The molecule has 146 valence electrons. The van der Waals surface area contributed by atoms with Crippen molar-refractivity contribution < 1.29 is 21.6 Å². The third kappa shape index (κ3) is 4.13. The summed E-state index contributed by atoms with van der Waals surface area (Å²) in [5.41, 5.74) is 0.514. The largest absolute Gasteiger partial charge is 0.497 e. The van der Waals surface area contributed by atoms with Crippen LogP contribution in [0.15, 0.2) is 53.4 Å². The zero-order valence-electron chi connectivity index (χ0n) is 14.7. The molecular weight excluding hydrogens is 410 g/mol. The Kier molecular flexibility index (Phi) is 5.81. The number of rotatable bonds is 4. The molecule has 0 amide bonds. The van der Waals surface area contributed by atoms with Crippen molar-refractivity contribution in [3.63, 3.8) is 0 Å². The predicted octanol–water partition coefficient (Wildman–Crippen LogP) is 2.90. The van der Waals surface area contributed by atoms with Gasteiger partial charge in [0.15, 0.2) is 9.84 Å². The Morgan fingerprint density at radius 3 is 2.56 bits per heavy atom. The zero-order valence-corrected chi connectivity index (χ0v) is 17.1. The van der Waals surface area contributed by atoms with E-state index in [1.165, 1.54) is 23.5 Å². The average molecular weight is 430 g/mol. The Morgan fingerprint density at radius 2 is 1.85 bits per heavy atom. The third-order valence-electron chi connectivity index (χ3n) is 4.63. The van der Waals surface area contributed by atoms with Crippen LogP contribution in [0.3, 0.4) is 0 Å². The Morgan fingerprint density at radius 1 is 1.11 bits per heavy atom. The van der Waals surface area contributed by atoms with E-state index in [1.54, 1.807) is 36.4 Å².